The molecule has 0 radical (unpaired) electrons. The molecule has 118 valence electrons. The van der Waals surface area contributed by atoms with Gasteiger partial charge in [-0.15, -0.1) is 0 Å². The first kappa shape index (κ1) is 15.8. The van der Waals surface area contributed by atoms with E-state index in [0.29, 0.717) is 24.4 Å². The lowest BCUT2D eigenvalue weighted by Crippen LogP contribution is -2.51. The summed E-state index contributed by atoms with van der Waals surface area (Å²) in [5.74, 6) is -0.345. The van der Waals surface area contributed by atoms with E-state index >= 15 is 0 Å². The van der Waals surface area contributed by atoms with Crippen molar-refractivity contribution >= 4 is 12.0 Å². The second-order valence-corrected chi connectivity index (χ2v) is 5.62. The molecule has 0 aromatic heterocycles. The number of likely N-dealkylation sites (tertiary alicyclic amines) is 1. The van der Waals surface area contributed by atoms with Crippen molar-refractivity contribution in [1.82, 2.24) is 15.5 Å². The fourth-order valence-corrected chi connectivity index (χ4v) is 2.92. The first-order chi connectivity index (χ1) is 10.1. The van der Waals surface area contributed by atoms with Crippen molar-refractivity contribution in [3.8, 4) is 0 Å². The van der Waals surface area contributed by atoms with Crippen LogP contribution < -0.4 is 10.6 Å². The minimum absolute atomic E-state index is 0.250. The van der Waals surface area contributed by atoms with Crippen molar-refractivity contribution < 1.29 is 14.3 Å². The van der Waals surface area contributed by atoms with Gasteiger partial charge >= 0.3 is 12.0 Å². The van der Waals surface area contributed by atoms with Crippen LogP contribution in [0, 0.1) is 0 Å². The Hall–Kier alpha value is -1.56. The minimum Gasteiger partial charge on any atom is -0.463 e. The van der Waals surface area contributed by atoms with Gasteiger partial charge in [0.05, 0.1) is 18.2 Å². The third kappa shape index (κ3) is 4.20. The summed E-state index contributed by atoms with van der Waals surface area (Å²) in [7, 11) is 0. The lowest BCUT2D eigenvalue weighted by Gasteiger charge is -2.30. The molecule has 2 aliphatic rings. The maximum atomic E-state index is 12.1. The number of nitrogens with zero attached hydrogens (tertiary/aromatic N) is 1. The lowest BCUT2D eigenvalue weighted by molar-refractivity contribution is -0.139. The summed E-state index contributed by atoms with van der Waals surface area (Å²) in [4.78, 5) is 26.1. The monoisotopic (exact) mass is 295 g/mol. The molecule has 1 saturated heterocycles. The van der Waals surface area contributed by atoms with Gasteiger partial charge in [-0.3, -0.25) is 4.90 Å². The third-order valence-electron chi connectivity index (χ3n) is 3.95. The molecule has 0 bridgehead atoms. The molecule has 0 saturated carbocycles. The Labute approximate surface area is 125 Å². The Balaban J connectivity index is 2.17. The predicted molar refractivity (Wildman–Crippen MR) is 79.7 cm³/mol. The number of carbonyl (C=O) groups is 2. The smallest absolute Gasteiger partial charge is 0.337 e. The molecule has 21 heavy (non-hydrogen) atoms. The van der Waals surface area contributed by atoms with Crippen LogP contribution >= 0.6 is 0 Å². The van der Waals surface area contributed by atoms with Gasteiger partial charge in [0.25, 0.3) is 0 Å². The second kappa shape index (κ2) is 7.45. The summed E-state index contributed by atoms with van der Waals surface area (Å²) in [6, 6.07) is -0.569. The molecule has 2 heterocycles. The normalized spacial score (nSPS) is 24.1. The highest BCUT2D eigenvalue weighted by Gasteiger charge is 2.30. The highest BCUT2D eigenvalue weighted by atomic mass is 16.5. The summed E-state index contributed by atoms with van der Waals surface area (Å²) in [5, 5.41) is 5.51. The molecule has 0 aromatic carbocycles. The minimum atomic E-state index is -0.345. The van der Waals surface area contributed by atoms with Gasteiger partial charge < -0.3 is 15.4 Å². The van der Waals surface area contributed by atoms with Gasteiger partial charge in [0.1, 0.15) is 0 Å². The number of urea groups is 1. The second-order valence-electron chi connectivity index (χ2n) is 5.62. The molecule has 2 amide bonds. The van der Waals surface area contributed by atoms with Gasteiger partial charge in [0, 0.05) is 12.2 Å². The standard InChI is InChI=1S/C15H25N3O3/c1-3-21-14(19)13-11(2)16-15(20)17-12(13)10-18-8-6-4-5-7-9-18/h11H,3-10H2,1-2H3,(H2,16,17,20)/t11-/m0/s1. The van der Waals surface area contributed by atoms with E-state index in [-0.39, 0.29) is 18.0 Å². The molecular weight excluding hydrogens is 270 g/mol. The molecule has 0 aromatic rings. The van der Waals surface area contributed by atoms with Crippen molar-refractivity contribution in [3.63, 3.8) is 0 Å². The number of esters is 1. The molecule has 6 nitrogen and oxygen atoms in total. The molecular formula is C15H25N3O3. The van der Waals surface area contributed by atoms with Crippen LogP contribution in [0.2, 0.25) is 0 Å². The average Bonchev–Trinajstić information content (AvgIpc) is 2.66. The number of rotatable bonds is 4. The van der Waals surface area contributed by atoms with Crippen LogP contribution in [0.3, 0.4) is 0 Å². The number of hydrogen-bond acceptors (Lipinski definition) is 4. The van der Waals surface area contributed by atoms with Gasteiger partial charge in [-0.05, 0) is 39.8 Å². The Bertz CT molecular complexity index is 426. The molecule has 0 aliphatic carbocycles. The van der Waals surface area contributed by atoms with Crippen LogP contribution in [0.1, 0.15) is 39.5 Å². The molecule has 1 fully saturated rings. The predicted octanol–water partition coefficient (Wildman–Crippen LogP) is 1.38. The SMILES string of the molecule is CCOC(=O)C1=C(CN2CCCCCC2)NC(=O)N[C@H]1C. The molecule has 1 atom stereocenters. The zero-order valence-electron chi connectivity index (χ0n) is 12.9. The molecule has 0 unspecified atom stereocenters. The van der Waals surface area contributed by atoms with Crippen molar-refractivity contribution in [2.24, 2.45) is 0 Å². The maximum absolute atomic E-state index is 12.1. The van der Waals surface area contributed by atoms with E-state index in [2.05, 4.69) is 15.5 Å². The lowest BCUT2D eigenvalue weighted by atomic mass is 10.0. The number of ether oxygens (including phenoxy) is 1. The van der Waals surface area contributed by atoms with Crippen molar-refractivity contribution in [2.75, 3.05) is 26.2 Å². The Kier molecular flexibility index (Phi) is 5.61. The highest BCUT2D eigenvalue weighted by molar-refractivity contribution is 5.94. The van der Waals surface area contributed by atoms with Gasteiger partial charge in [0.2, 0.25) is 0 Å². The van der Waals surface area contributed by atoms with Crippen LogP contribution in [0.15, 0.2) is 11.3 Å². The first-order valence-electron chi connectivity index (χ1n) is 7.82. The number of carbonyl (C=O) groups excluding carboxylic acids is 2. The molecule has 2 rings (SSSR count). The largest absolute Gasteiger partial charge is 0.463 e. The Morgan fingerprint density at radius 2 is 1.95 bits per heavy atom. The molecule has 0 spiro atoms. The van der Waals surface area contributed by atoms with E-state index in [4.69, 9.17) is 4.74 Å². The quantitative estimate of drug-likeness (QED) is 0.769. The van der Waals surface area contributed by atoms with E-state index in [1.807, 2.05) is 6.92 Å². The van der Waals surface area contributed by atoms with Crippen LogP contribution in [0.4, 0.5) is 4.79 Å². The van der Waals surface area contributed by atoms with Crippen molar-refractivity contribution in [1.29, 1.82) is 0 Å². The molecule has 6 heteroatoms. The zero-order valence-corrected chi connectivity index (χ0v) is 12.9. The van der Waals surface area contributed by atoms with E-state index in [0.717, 1.165) is 13.1 Å². The average molecular weight is 295 g/mol. The van der Waals surface area contributed by atoms with Crippen LogP contribution in [0.25, 0.3) is 0 Å². The van der Waals surface area contributed by atoms with Crippen LogP contribution in [-0.2, 0) is 9.53 Å². The summed E-state index contributed by atoms with van der Waals surface area (Å²) in [6.07, 6.45) is 4.85. The Morgan fingerprint density at radius 1 is 1.29 bits per heavy atom. The summed E-state index contributed by atoms with van der Waals surface area (Å²) >= 11 is 0. The van der Waals surface area contributed by atoms with Crippen molar-refractivity contribution in [3.05, 3.63) is 11.3 Å². The van der Waals surface area contributed by atoms with E-state index in [1.54, 1.807) is 6.92 Å². The fourth-order valence-electron chi connectivity index (χ4n) is 2.92. The molecule has 2 N–H and O–H groups in total. The van der Waals surface area contributed by atoms with Crippen molar-refractivity contribution in [2.45, 2.75) is 45.6 Å². The first-order valence-corrected chi connectivity index (χ1v) is 7.82. The summed E-state index contributed by atoms with van der Waals surface area (Å²) < 4.78 is 5.12. The zero-order chi connectivity index (χ0) is 15.2. The van der Waals surface area contributed by atoms with E-state index in [1.165, 1.54) is 25.7 Å². The van der Waals surface area contributed by atoms with Gasteiger partial charge in [-0.2, -0.15) is 0 Å². The number of nitrogens with one attached hydrogen (secondary N) is 2. The van der Waals surface area contributed by atoms with Gasteiger partial charge in [0.15, 0.2) is 0 Å². The third-order valence-corrected chi connectivity index (χ3v) is 3.95. The number of hydrogen-bond donors (Lipinski definition) is 2. The summed E-state index contributed by atoms with van der Waals surface area (Å²) in [5.41, 5.74) is 1.23. The van der Waals surface area contributed by atoms with Crippen LogP contribution in [0.5, 0.6) is 0 Å². The van der Waals surface area contributed by atoms with E-state index < -0.39 is 0 Å². The number of amides is 2. The highest BCUT2D eigenvalue weighted by Crippen LogP contribution is 2.17. The van der Waals surface area contributed by atoms with Gasteiger partial charge in [-0.1, -0.05) is 12.8 Å². The van der Waals surface area contributed by atoms with Gasteiger partial charge in [-0.25, -0.2) is 9.59 Å². The maximum Gasteiger partial charge on any atom is 0.337 e. The Morgan fingerprint density at radius 3 is 2.57 bits per heavy atom. The topological polar surface area (TPSA) is 70.7 Å². The molecule has 2 aliphatic heterocycles. The van der Waals surface area contributed by atoms with Crippen LogP contribution in [-0.4, -0.2) is 49.2 Å². The fraction of sp³-hybridized carbons (Fsp3) is 0.733. The van der Waals surface area contributed by atoms with E-state index in [9.17, 15) is 9.59 Å². The summed E-state index contributed by atoms with van der Waals surface area (Å²) in [6.45, 7) is 6.56.